The van der Waals surface area contributed by atoms with E-state index in [1.54, 1.807) is 0 Å². The van der Waals surface area contributed by atoms with Crippen LogP contribution in [0.25, 0.3) is 46.4 Å². The normalized spacial score (nSPS) is 17.2. The summed E-state index contributed by atoms with van der Waals surface area (Å²) in [5, 5.41) is 9.74. The van der Waals surface area contributed by atoms with Crippen molar-refractivity contribution in [2.75, 3.05) is 0 Å². The lowest BCUT2D eigenvalue weighted by molar-refractivity contribution is -0.113. The molecule has 0 radical (unpaired) electrons. The smallest absolute Gasteiger partial charge is 0.185 e. The molecule has 44 heavy (non-hydrogen) atoms. The highest BCUT2D eigenvalue weighted by Gasteiger charge is 2.27. The fourth-order valence-electron chi connectivity index (χ4n) is 5.76. The zero-order valence-corrected chi connectivity index (χ0v) is 24.9. The first-order chi connectivity index (χ1) is 21.4. The number of aryl methyl sites for hydroxylation is 2. The highest BCUT2D eigenvalue weighted by atomic mass is 16.3. The van der Waals surface area contributed by atoms with Crippen molar-refractivity contribution < 1.29 is 13.6 Å². The second-order valence-electron chi connectivity index (χ2n) is 11.4. The van der Waals surface area contributed by atoms with Crippen molar-refractivity contribution in [1.29, 1.82) is 0 Å². The van der Waals surface area contributed by atoms with Crippen molar-refractivity contribution in [3.63, 3.8) is 0 Å². The number of hydrogen-bond donors (Lipinski definition) is 0. The molecule has 0 aliphatic heterocycles. The van der Waals surface area contributed by atoms with E-state index in [2.05, 4.69) is 6.92 Å². The predicted molar refractivity (Wildman–Crippen MR) is 171 cm³/mol. The number of furan rings is 2. The molecule has 1 saturated carbocycles. The van der Waals surface area contributed by atoms with Crippen molar-refractivity contribution in [3.05, 3.63) is 131 Å². The van der Waals surface area contributed by atoms with Crippen LogP contribution in [0.15, 0.2) is 117 Å². The molecule has 218 valence electrons. The number of Topliss-reactive ketones (excluding diaryl/α,β-unsaturated/α-hetero) is 1. The van der Waals surface area contributed by atoms with Gasteiger partial charge in [-0.2, -0.15) is 10.2 Å². The number of rotatable bonds is 6. The number of carbonyl (C=O) groups is 1. The van der Waals surface area contributed by atoms with E-state index in [0.29, 0.717) is 35.7 Å². The molecule has 0 saturated heterocycles. The first kappa shape index (κ1) is 27.4. The van der Waals surface area contributed by atoms with Gasteiger partial charge in [-0.3, -0.25) is 4.79 Å². The van der Waals surface area contributed by atoms with Gasteiger partial charge in [0, 0.05) is 34.7 Å². The number of ketones is 1. The summed E-state index contributed by atoms with van der Waals surface area (Å²) < 4.78 is 15.6. The third-order valence-electron chi connectivity index (χ3n) is 7.85. The molecule has 6 aromatic rings. The van der Waals surface area contributed by atoms with E-state index in [9.17, 15) is 4.79 Å². The number of benzene rings is 2. The molecular weight excluding hydrogens is 548 g/mol. The molecule has 2 aromatic carbocycles. The monoisotopic (exact) mass is 580 g/mol. The molecular formula is C37H32N4O3. The maximum Gasteiger partial charge on any atom is 0.185 e. The van der Waals surface area contributed by atoms with Gasteiger partial charge in [-0.15, -0.1) is 0 Å². The third kappa shape index (κ3) is 5.40. The maximum absolute atomic E-state index is 14.1. The molecule has 0 spiro atoms. The highest BCUT2D eigenvalue weighted by molar-refractivity contribution is 6.14. The van der Waals surface area contributed by atoms with Gasteiger partial charge in [0.1, 0.15) is 22.9 Å². The van der Waals surface area contributed by atoms with Gasteiger partial charge in [-0.05, 0) is 93.3 Å². The fraction of sp³-hybridized carbons (Fsp3) is 0.162. The van der Waals surface area contributed by atoms with Crippen LogP contribution in [-0.4, -0.2) is 25.3 Å². The van der Waals surface area contributed by atoms with Crippen molar-refractivity contribution in [2.45, 2.75) is 33.6 Å². The van der Waals surface area contributed by atoms with Crippen LogP contribution >= 0.6 is 0 Å². The van der Waals surface area contributed by atoms with Crippen LogP contribution in [-0.2, 0) is 4.79 Å². The minimum atomic E-state index is 0.0335. The molecule has 4 heterocycles. The molecule has 0 amide bonds. The minimum absolute atomic E-state index is 0.0335. The van der Waals surface area contributed by atoms with Gasteiger partial charge in [0.15, 0.2) is 17.3 Å². The molecule has 7 rings (SSSR count). The lowest BCUT2D eigenvalue weighted by atomic mass is 9.80. The number of carbonyl (C=O) groups excluding carboxylic acids is 1. The Labute approximate surface area is 255 Å². The van der Waals surface area contributed by atoms with Crippen LogP contribution in [0.1, 0.15) is 42.4 Å². The topological polar surface area (TPSA) is 79.0 Å². The lowest BCUT2D eigenvalue weighted by Gasteiger charge is -2.22. The van der Waals surface area contributed by atoms with E-state index in [1.807, 2.05) is 133 Å². The molecule has 0 N–H and O–H groups in total. The van der Waals surface area contributed by atoms with Crippen molar-refractivity contribution in [2.24, 2.45) is 5.92 Å². The van der Waals surface area contributed by atoms with Crippen LogP contribution in [0.2, 0.25) is 0 Å². The summed E-state index contributed by atoms with van der Waals surface area (Å²) in [6, 6.07) is 27.6. The molecule has 4 aromatic heterocycles. The minimum Gasteiger partial charge on any atom is -0.460 e. The third-order valence-corrected chi connectivity index (χ3v) is 7.85. The largest absolute Gasteiger partial charge is 0.460 e. The van der Waals surface area contributed by atoms with E-state index in [4.69, 9.17) is 19.0 Å². The van der Waals surface area contributed by atoms with Gasteiger partial charge >= 0.3 is 0 Å². The standard InChI is InChI=1S/C37H32N4O3/c1-24-18-27(20-29-22-40(31-10-6-4-7-11-31)38-35(29)33-16-14-25(2)43-33)37(42)28(19-24)21-30-23-41(32-12-8-5-9-13-32)39-36(30)34-17-15-26(3)44-34/h4-17,20-24H,18-19H2,1-3H3/b27-20-,28-21-. The zero-order valence-electron chi connectivity index (χ0n) is 24.9. The number of hydrogen-bond acceptors (Lipinski definition) is 5. The zero-order chi connectivity index (χ0) is 30.2. The van der Waals surface area contributed by atoms with Crippen molar-refractivity contribution >= 4 is 17.9 Å². The van der Waals surface area contributed by atoms with Crippen LogP contribution < -0.4 is 0 Å². The maximum atomic E-state index is 14.1. The lowest BCUT2D eigenvalue weighted by Crippen LogP contribution is -2.18. The summed E-state index contributed by atoms with van der Waals surface area (Å²) in [5.74, 6) is 3.26. The SMILES string of the molecule is Cc1ccc(-c2nn(-c3ccccc3)cc2/C=C2/CC(C)C/C(=C/c3cn(-c4ccccc4)nc3-c3ccc(C)o3)C2=O)o1. The fourth-order valence-corrected chi connectivity index (χ4v) is 5.76. The van der Waals surface area contributed by atoms with Crippen molar-refractivity contribution in [3.8, 4) is 34.3 Å². The molecule has 1 fully saturated rings. The average molecular weight is 581 g/mol. The van der Waals surface area contributed by atoms with E-state index >= 15 is 0 Å². The van der Waals surface area contributed by atoms with Crippen molar-refractivity contribution in [1.82, 2.24) is 19.6 Å². The summed E-state index contributed by atoms with van der Waals surface area (Å²) >= 11 is 0. The van der Waals surface area contributed by atoms with E-state index in [0.717, 1.165) is 45.2 Å². The van der Waals surface area contributed by atoms with E-state index in [-0.39, 0.29) is 11.7 Å². The van der Waals surface area contributed by atoms with Crippen LogP contribution in [0.5, 0.6) is 0 Å². The number of nitrogens with zero attached hydrogens (tertiary/aromatic N) is 4. The number of allylic oxidation sites excluding steroid dienone is 2. The predicted octanol–water partition coefficient (Wildman–Crippen LogP) is 8.66. The van der Waals surface area contributed by atoms with Gasteiger partial charge in [0.05, 0.1) is 11.4 Å². The quantitative estimate of drug-likeness (QED) is 0.184. The Morgan fingerprint density at radius 2 is 1.09 bits per heavy atom. The van der Waals surface area contributed by atoms with Gasteiger partial charge in [-0.1, -0.05) is 43.3 Å². The molecule has 7 nitrogen and oxygen atoms in total. The van der Waals surface area contributed by atoms with E-state index in [1.165, 1.54) is 0 Å². The van der Waals surface area contributed by atoms with Gasteiger partial charge in [0.25, 0.3) is 0 Å². The summed E-state index contributed by atoms with van der Waals surface area (Å²) in [7, 11) is 0. The first-order valence-corrected chi connectivity index (χ1v) is 14.8. The first-order valence-electron chi connectivity index (χ1n) is 14.8. The summed E-state index contributed by atoms with van der Waals surface area (Å²) in [6.07, 6.45) is 9.25. The Kier molecular flexibility index (Phi) is 7.06. The molecule has 7 heteroatoms. The van der Waals surface area contributed by atoms with Gasteiger partial charge in [0.2, 0.25) is 0 Å². The summed E-state index contributed by atoms with van der Waals surface area (Å²) in [5.41, 5.74) is 6.43. The molecule has 0 atom stereocenters. The van der Waals surface area contributed by atoms with Gasteiger partial charge < -0.3 is 8.83 Å². The van der Waals surface area contributed by atoms with Crippen LogP contribution in [0, 0.1) is 19.8 Å². The highest BCUT2D eigenvalue weighted by Crippen LogP contribution is 2.36. The molecule has 0 unspecified atom stereocenters. The average Bonchev–Trinajstić information content (AvgIpc) is 3.83. The second-order valence-corrected chi connectivity index (χ2v) is 11.4. The number of para-hydroxylation sites is 2. The Balaban J connectivity index is 1.30. The molecule has 1 aliphatic carbocycles. The Hall–Kier alpha value is -5.43. The Morgan fingerprint density at radius 1 is 0.659 bits per heavy atom. The Bertz CT molecular complexity index is 1870. The number of aromatic nitrogens is 4. The second kappa shape index (κ2) is 11.3. The Morgan fingerprint density at radius 3 is 1.48 bits per heavy atom. The van der Waals surface area contributed by atoms with Crippen LogP contribution in [0.3, 0.4) is 0 Å². The molecule has 1 aliphatic rings. The molecule has 0 bridgehead atoms. The summed E-state index contributed by atoms with van der Waals surface area (Å²) in [6.45, 7) is 6.01. The van der Waals surface area contributed by atoms with E-state index < -0.39 is 0 Å². The van der Waals surface area contributed by atoms with Crippen LogP contribution in [0.4, 0.5) is 0 Å². The van der Waals surface area contributed by atoms with Gasteiger partial charge in [-0.25, -0.2) is 9.36 Å². The summed E-state index contributed by atoms with van der Waals surface area (Å²) in [4.78, 5) is 14.1.